The van der Waals surface area contributed by atoms with Crippen molar-refractivity contribution < 1.29 is 28.6 Å². The number of fused-ring (bicyclic) bond motifs is 1. The molecule has 0 aliphatic carbocycles. The van der Waals surface area contributed by atoms with Crippen LogP contribution in [0.15, 0.2) is 49.6 Å². The molecule has 1 aromatic heterocycles. The Morgan fingerprint density at radius 3 is 2.51 bits per heavy atom. The number of ether oxygens (including phenoxy) is 3. The smallest absolute Gasteiger partial charge is 0.411 e. The van der Waals surface area contributed by atoms with Gasteiger partial charge in [-0.15, -0.1) is 13.2 Å². The number of hydrogen-bond acceptors (Lipinski definition) is 7. The summed E-state index contributed by atoms with van der Waals surface area (Å²) >= 11 is 0. The first kappa shape index (κ1) is 29.2. The topological polar surface area (TPSA) is 128 Å². The molecule has 0 spiro atoms. The first-order chi connectivity index (χ1) is 18.4. The van der Waals surface area contributed by atoms with Gasteiger partial charge in [0.25, 0.3) is 0 Å². The fourth-order valence-electron chi connectivity index (χ4n) is 3.92. The number of amides is 3. The molecule has 0 saturated heterocycles. The average molecular weight is 537 g/mol. The van der Waals surface area contributed by atoms with Crippen LogP contribution in [0.1, 0.15) is 51.5 Å². The molecule has 10 nitrogen and oxygen atoms in total. The molecule has 2 aromatic rings. The highest BCUT2D eigenvalue weighted by atomic mass is 16.6. The fourth-order valence-corrected chi connectivity index (χ4v) is 3.92. The van der Waals surface area contributed by atoms with E-state index in [0.29, 0.717) is 53.4 Å². The zero-order valence-electron chi connectivity index (χ0n) is 23.1. The second-order valence-electron chi connectivity index (χ2n) is 10.1. The van der Waals surface area contributed by atoms with Gasteiger partial charge in [-0.25, -0.2) is 9.59 Å². The summed E-state index contributed by atoms with van der Waals surface area (Å²) in [6, 6.07) is 6.42. The Morgan fingerprint density at radius 1 is 1.13 bits per heavy atom. The first-order valence-corrected chi connectivity index (χ1v) is 12.7. The summed E-state index contributed by atoms with van der Waals surface area (Å²) in [7, 11) is 1.27. The molecule has 0 radical (unpaired) electrons. The Hall–Kier alpha value is -4.34. The van der Waals surface area contributed by atoms with E-state index in [2.05, 4.69) is 29.1 Å². The second kappa shape index (κ2) is 12.5. The van der Waals surface area contributed by atoms with Gasteiger partial charge in [0.15, 0.2) is 0 Å². The summed E-state index contributed by atoms with van der Waals surface area (Å²) in [5.41, 5.74) is 2.85. The molecule has 208 valence electrons. The van der Waals surface area contributed by atoms with E-state index in [1.165, 1.54) is 7.11 Å². The van der Waals surface area contributed by atoms with Crippen molar-refractivity contribution in [2.45, 2.75) is 52.2 Å². The molecule has 0 bridgehead atoms. The van der Waals surface area contributed by atoms with Crippen LogP contribution in [0.2, 0.25) is 0 Å². The SMILES string of the molecule is C=CC[C@H](NC(=O)OC(C)(C)C)c1cc(-c2ccc(NC(=O)OC)cc2NC(=O)[C@@H](C)C=C)c2c(n1)CCO2. The molecule has 1 aliphatic rings. The Labute approximate surface area is 228 Å². The summed E-state index contributed by atoms with van der Waals surface area (Å²) in [5, 5.41) is 8.44. The van der Waals surface area contributed by atoms with Crippen LogP contribution in [-0.4, -0.2) is 42.4 Å². The molecular formula is C29H36N4O6. The van der Waals surface area contributed by atoms with E-state index in [1.54, 1.807) is 58.0 Å². The zero-order chi connectivity index (χ0) is 28.7. The molecule has 3 N–H and O–H groups in total. The van der Waals surface area contributed by atoms with Crippen molar-refractivity contribution in [1.29, 1.82) is 0 Å². The lowest BCUT2D eigenvalue weighted by atomic mass is 9.97. The van der Waals surface area contributed by atoms with E-state index in [1.807, 2.05) is 6.07 Å². The van der Waals surface area contributed by atoms with Crippen LogP contribution in [0.4, 0.5) is 21.0 Å². The Kier molecular flexibility index (Phi) is 9.34. The van der Waals surface area contributed by atoms with Crippen molar-refractivity contribution in [3.8, 4) is 16.9 Å². The number of alkyl carbamates (subject to hydrolysis) is 1. The quantitative estimate of drug-likeness (QED) is 0.347. The van der Waals surface area contributed by atoms with Gasteiger partial charge in [-0.3, -0.25) is 15.1 Å². The normalized spacial score (nSPS) is 13.7. The second-order valence-corrected chi connectivity index (χ2v) is 10.1. The number of aromatic nitrogens is 1. The third kappa shape index (κ3) is 7.59. The van der Waals surface area contributed by atoms with Gasteiger partial charge in [0, 0.05) is 23.2 Å². The van der Waals surface area contributed by atoms with Crippen LogP contribution in [0.3, 0.4) is 0 Å². The van der Waals surface area contributed by atoms with Gasteiger partial charge >= 0.3 is 12.2 Å². The molecule has 39 heavy (non-hydrogen) atoms. The lowest BCUT2D eigenvalue weighted by Gasteiger charge is -2.24. The van der Waals surface area contributed by atoms with Crippen LogP contribution in [0.5, 0.6) is 5.75 Å². The molecule has 1 aliphatic heterocycles. The highest BCUT2D eigenvalue weighted by Crippen LogP contribution is 2.42. The Bertz CT molecular complexity index is 1270. The minimum absolute atomic E-state index is 0.274. The Morgan fingerprint density at radius 2 is 1.87 bits per heavy atom. The third-order valence-electron chi connectivity index (χ3n) is 5.87. The molecule has 2 atom stereocenters. The molecule has 1 aromatic carbocycles. The summed E-state index contributed by atoms with van der Waals surface area (Å²) < 4.78 is 16.1. The van der Waals surface area contributed by atoms with E-state index in [0.717, 1.165) is 5.69 Å². The molecule has 0 saturated carbocycles. The number of rotatable bonds is 9. The van der Waals surface area contributed by atoms with Crippen molar-refractivity contribution >= 4 is 29.5 Å². The summed E-state index contributed by atoms with van der Waals surface area (Å²) in [6.45, 7) is 15.1. The maximum absolute atomic E-state index is 12.8. The van der Waals surface area contributed by atoms with Crippen LogP contribution in [0, 0.1) is 5.92 Å². The number of nitrogens with zero attached hydrogens (tertiary/aromatic N) is 1. The van der Waals surface area contributed by atoms with Gasteiger partial charge in [0.1, 0.15) is 11.4 Å². The standard InChI is InChI=1S/C29H36N4O6/c1-8-10-21(33-28(36)39-29(4,5)6)24-16-20(25-22(31-24)13-14-38-25)19-12-11-18(30-27(35)37-7)15-23(19)32-26(34)17(3)9-2/h8-9,11-12,15-17,21H,1-2,10,13-14H2,3-7H3,(H,30,35)(H,32,34)(H,33,36)/t17-,21-/m0/s1. The monoisotopic (exact) mass is 536 g/mol. The maximum atomic E-state index is 12.8. The molecular weight excluding hydrogens is 500 g/mol. The molecule has 3 rings (SSSR count). The highest BCUT2D eigenvalue weighted by molar-refractivity contribution is 5.99. The summed E-state index contributed by atoms with van der Waals surface area (Å²) in [6.07, 6.45) is 3.02. The minimum Gasteiger partial charge on any atom is -0.491 e. The highest BCUT2D eigenvalue weighted by Gasteiger charge is 2.27. The van der Waals surface area contributed by atoms with Gasteiger partial charge in [0.2, 0.25) is 5.91 Å². The number of benzene rings is 1. The van der Waals surface area contributed by atoms with E-state index < -0.39 is 29.7 Å². The fraction of sp³-hybridized carbons (Fsp3) is 0.379. The zero-order valence-corrected chi connectivity index (χ0v) is 23.1. The molecule has 10 heteroatoms. The van der Waals surface area contributed by atoms with Gasteiger partial charge < -0.3 is 24.8 Å². The van der Waals surface area contributed by atoms with Crippen LogP contribution >= 0.6 is 0 Å². The number of hydrogen-bond donors (Lipinski definition) is 3. The van der Waals surface area contributed by atoms with Gasteiger partial charge in [-0.05, 0) is 45.4 Å². The molecule has 3 amide bonds. The lowest BCUT2D eigenvalue weighted by Crippen LogP contribution is -2.35. The van der Waals surface area contributed by atoms with Crippen molar-refractivity contribution in [3.63, 3.8) is 0 Å². The predicted octanol–water partition coefficient (Wildman–Crippen LogP) is 5.76. The van der Waals surface area contributed by atoms with E-state index >= 15 is 0 Å². The number of methoxy groups -OCH3 is 1. The maximum Gasteiger partial charge on any atom is 0.411 e. The number of pyridine rings is 1. The van der Waals surface area contributed by atoms with Gasteiger partial charge in [-0.2, -0.15) is 0 Å². The van der Waals surface area contributed by atoms with Crippen LogP contribution in [0.25, 0.3) is 11.1 Å². The summed E-state index contributed by atoms with van der Waals surface area (Å²) in [4.78, 5) is 42.0. The van der Waals surface area contributed by atoms with Gasteiger partial charge in [-0.1, -0.05) is 25.1 Å². The number of carbonyl (C=O) groups is 3. The minimum atomic E-state index is -0.664. The number of carbonyl (C=O) groups excluding carboxylic acids is 3. The largest absolute Gasteiger partial charge is 0.491 e. The first-order valence-electron chi connectivity index (χ1n) is 12.7. The number of anilines is 2. The molecule has 2 heterocycles. The van der Waals surface area contributed by atoms with Gasteiger partial charge in [0.05, 0.1) is 42.8 Å². The van der Waals surface area contributed by atoms with Crippen LogP contribution < -0.4 is 20.7 Å². The van der Waals surface area contributed by atoms with Crippen molar-refractivity contribution in [3.05, 3.63) is 61.0 Å². The van der Waals surface area contributed by atoms with Crippen molar-refractivity contribution in [2.24, 2.45) is 5.92 Å². The Balaban J connectivity index is 2.11. The average Bonchev–Trinajstić information content (AvgIpc) is 3.35. The van der Waals surface area contributed by atoms with E-state index in [4.69, 9.17) is 19.2 Å². The van der Waals surface area contributed by atoms with Crippen molar-refractivity contribution in [2.75, 3.05) is 24.4 Å². The predicted molar refractivity (Wildman–Crippen MR) is 150 cm³/mol. The molecule has 0 unspecified atom stereocenters. The molecule has 0 fully saturated rings. The van der Waals surface area contributed by atoms with Crippen molar-refractivity contribution in [1.82, 2.24) is 10.3 Å². The van der Waals surface area contributed by atoms with E-state index in [-0.39, 0.29) is 5.91 Å². The third-order valence-corrected chi connectivity index (χ3v) is 5.87. The summed E-state index contributed by atoms with van der Waals surface area (Å²) in [5.74, 6) is -0.140. The lowest BCUT2D eigenvalue weighted by molar-refractivity contribution is -0.118. The van der Waals surface area contributed by atoms with E-state index in [9.17, 15) is 14.4 Å². The van der Waals surface area contributed by atoms with Crippen LogP contribution in [-0.2, 0) is 20.7 Å². The number of nitrogens with one attached hydrogen (secondary N) is 3.